The summed E-state index contributed by atoms with van der Waals surface area (Å²) in [5.41, 5.74) is 0. The van der Waals surface area contributed by atoms with E-state index in [0.29, 0.717) is 7.92 Å². The quantitative estimate of drug-likeness (QED) is 0.560. The smallest absolute Gasteiger partial charge is 0 e. The minimum absolute atomic E-state index is 0. The van der Waals surface area contributed by atoms with Crippen molar-refractivity contribution in [2.24, 2.45) is 0 Å². The SMILES string of the molecule is CP(C)C.[CH]1[CH]CC1.[CH]1[CH][CH][CH][CH]1.[CH]1[CH][CH][CH][CH]1.[Zr]. The minimum Gasteiger partial charge on any atom is -0.116 e. The van der Waals surface area contributed by atoms with E-state index in [1.165, 1.54) is 12.8 Å². The minimum atomic E-state index is 0. The summed E-state index contributed by atoms with van der Waals surface area (Å²) in [6.45, 7) is 6.69. The molecule has 0 atom stereocenters. The molecule has 0 N–H and O–H groups in total. The first kappa shape index (κ1) is 22.6. The molecular weight excluding hydrogens is 326 g/mol. The van der Waals surface area contributed by atoms with Crippen LogP contribution in [-0.4, -0.2) is 20.0 Å². The topological polar surface area (TPSA) is 0 Å². The Morgan fingerprint density at radius 2 is 0.632 bits per heavy atom. The molecule has 0 amide bonds. The molecule has 0 bridgehead atoms. The fourth-order valence-electron chi connectivity index (χ4n) is 0.808. The van der Waals surface area contributed by atoms with Crippen LogP contribution >= 0.6 is 7.92 Å². The van der Waals surface area contributed by atoms with Gasteiger partial charge in [0.25, 0.3) is 0 Å². The van der Waals surface area contributed by atoms with Crippen LogP contribution in [0.4, 0.5) is 0 Å². The molecule has 3 fully saturated rings. The maximum absolute atomic E-state index is 2.23. The van der Waals surface area contributed by atoms with Gasteiger partial charge in [-0.1, -0.05) is 0 Å². The summed E-state index contributed by atoms with van der Waals surface area (Å²) in [5.74, 6) is 0. The zero-order chi connectivity index (χ0) is 13.5. The van der Waals surface area contributed by atoms with Gasteiger partial charge in [0.15, 0.2) is 0 Å². The van der Waals surface area contributed by atoms with Crippen molar-refractivity contribution in [3.05, 3.63) is 77.0 Å². The molecule has 3 aliphatic carbocycles. The third kappa shape index (κ3) is 24.7. The second-order valence-electron chi connectivity index (χ2n) is 4.31. The van der Waals surface area contributed by atoms with Crippen LogP contribution < -0.4 is 0 Å². The van der Waals surface area contributed by atoms with Gasteiger partial charge in [-0.25, -0.2) is 0 Å². The Bertz CT molecular complexity index is 104. The number of rotatable bonds is 0. The summed E-state index contributed by atoms with van der Waals surface area (Å²) in [7, 11) is 0.380. The van der Waals surface area contributed by atoms with Gasteiger partial charge in [0.05, 0.1) is 0 Å². The van der Waals surface area contributed by atoms with Crippen molar-refractivity contribution in [1.82, 2.24) is 0 Å². The Kier molecular flexibility index (Phi) is 23.0. The molecule has 0 aromatic carbocycles. The molecule has 2 heteroatoms. The second kappa shape index (κ2) is 19.3. The van der Waals surface area contributed by atoms with Crippen molar-refractivity contribution in [2.75, 3.05) is 20.0 Å². The number of hydrogen-bond acceptors (Lipinski definition) is 0. The van der Waals surface area contributed by atoms with Crippen LogP contribution in [0.2, 0.25) is 0 Å². The van der Waals surface area contributed by atoms with E-state index in [9.17, 15) is 0 Å². The van der Waals surface area contributed by atoms with Crippen molar-refractivity contribution in [2.45, 2.75) is 12.8 Å². The average Bonchev–Trinajstić information content (AvgIpc) is 2.94. The van der Waals surface area contributed by atoms with E-state index in [1.807, 2.05) is 64.2 Å². The first-order valence-electron chi connectivity index (χ1n) is 6.32. The van der Waals surface area contributed by atoms with E-state index >= 15 is 0 Å². The molecule has 0 heterocycles. The third-order valence-electron chi connectivity index (χ3n) is 1.78. The second-order valence-corrected chi connectivity index (χ2v) is 7.00. The first-order chi connectivity index (χ1) is 8.73. The summed E-state index contributed by atoms with van der Waals surface area (Å²) < 4.78 is 0. The van der Waals surface area contributed by atoms with Gasteiger partial charge in [-0.3, -0.25) is 0 Å². The Hall–Kier alpha value is 1.31. The molecule has 0 aromatic heterocycles. The van der Waals surface area contributed by atoms with Crippen molar-refractivity contribution in [1.29, 1.82) is 0 Å². The molecule has 0 aromatic rings. The predicted molar refractivity (Wildman–Crippen MR) is 85.5 cm³/mol. The largest absolute Gasteiger partial charge is 0.116 e. The molecule has 102 valence electrons. The van der Waals surface area contributed by atoms with E-state index in [4.69, 9.17) is 0 Å². The molecule has 0 saturated heterocycles. The van der Waals surface area contributed by atoms with Gasteiger partial charge in [-0.05, 0) is 110 Å². The number of hydrogen-bond donors (Lipinski definition) is 0. The zero-order valence-electron chi connectivity index (χ0n) is 12.3. The Morgan fingerprint density at radius 3 is 0.684 bits per heavy atom. The molecule has 3 saturated carbocycles. The van der Waals surface area contributed by atoms with Crippen LogP contribution in [0.1, 0.15) is 12.8 Å². The van der Waals surface area contributed by atoms with Crippen LogP contribution in [0.5, 0.6) is 0 Å². The monoisotopic (exact) mass is 350 g/mol. The van der Waals surface area contributed by atoms with Gasteiger partial charge in [-0.15, -0.1) is 7.92 Å². The maximum atomic E-state index is 2.23. The van der Waals surface area contributed by atoms with Crippen molar-refractivity contribution in [3.8, 4) is 0 Å². The first-order valence-corrected chi connectivity index (χ1v) is 9.01. The summed E-state index contributed by atoms with van der Waals surface area (Å²) in [6, 6.07) is 0. The molecule has 0 aliphatic heterocycles. The van der Waals surface area contributed by atoms with Crippen molar-refractivity contribution in [3.63, 3.8) is 0 Å². The van der Waals surface area contributed by atoms with Crippen molar-refractivity contribution < 1.29 is 26.2 Å². The average molecular weight is 352 g/mol. The molecule has 0 nitrogen and oxygen atoms in total. The molecule has 3 rings (SSSR count). The van der Waals surface area contributed by atoms with Crippen LogP contribution in [0.15, 0.2) is 0 Å². The summed E-state index contributed by atoms with van der Waals surface area (Å²) in [4.78, 5) is 0. The Labute approximate surface area is 143 Å². The van der Waals surface area contributed by atoms with Gasteiger partial charge in [0.2, 0.25) is 0 Å². The molecule has 12 radical (unpaired) electrons. The van der Waals surface area contributed by atoms with E-state index in [1.54, 1.807) is 0 Å². The van der Waals surface area contributed by atoms with Gasteiger partial charge in [-0.2, -0.15) is 0 Å². The van der Waals surface area contributed by atoms with Gasteiger partial charge >= 0.3 is 0 Å². The van der Waals surface area contributed by atoms with Crippen LogP contribution in [0.3, 0.4) is 0 Å². The summed E-state index contributed by atoms with van der Waals surface area (Å²) in [6.07, 6.45) is 27.0. The van der Waals surface area contributed by atoms with Gasteiger partial charge < -0.3 is 0 Å². The Morgan fingerprint density at radius 1 is 0.526 bits per heavy atom. The zero-order valence-corrected chi connectivity index (χ0v) is 15.6. The summed E-state index contributed by atoms with van der Waals surface area (Å²) >= 11 is 0. The molecule has 3 aliphatic rings. The van der Waals surface area contributed by atoms with E-state index in [2.05, 4.69) is 32.8 Å². The van der Waals surface area contributed by atoms with Crippen LogP contribution in [0, 0.1) is 77.0 Å². The van der Waals surface area contributed by atoms with Gasteiger partial charge in [0.1, 0.15) is 0 Å². The van der Waals surface area contributed by atoms with E-state index in [-0.39, 0.29) is 26.2 Å². The van der Waals surface area contributed by atoms with Crippen LogP contribution in [0.25, 0.3) is 0 Å². The molecule has 0 unspecified atom stereocenters. The van der Waals surface area contributed by atoms with E-state index < -0.39 is 0 Å². The third-order valence-corrected chi connectivity index (χ3v) is 1.78. The molecular formula is C17H25PZr. The Balaban J connectivity index is 0. The summed E-state index contributed by atoms with van der Waals surface area (Å²) in [5, 5.41) is 0. The normalized spacial score (nSPS) is 19.6. The fourth-order valence-corrected chi connectivity index (χ4v) is 0.808. The molecule has 0 spiro atoms. The van der Waals surface area contributed by atoms with E-state index in [0.717, 1.165) is 0 Å². The fraction of sp³-hybridized carbons (Fsp3) is 0.294. The standard InChI is InChI=1S/2C5H5.C4H6.C3H9P.Zr/c2*1-2-4-5-3-1;1-2-4-3-1;1-4(2)3;/h2*1-5H;1-2H,3-4H2;1-3H3;. The predicted octanol–water partition coefficient (Wildman–Crippen LogP) is 4.59. The van der Waals surface area contributed by atoms with Crippen LogP contribution in [-0.2, 0) is 26.2 Å². The van der Waals surface area contributed by atoms with Crippen molar-refractivity contribution >= 4 is 7.92 Å². The van der Waals surface area contributed by atoms with Gasteiger partial charge in [0, 0.05) is 26.2 Å². The maximum Gasteiger partial charge on any atom is 0 e. The molecule has 19 heavy (non-hydrogen) atoms.